The van der Waals surface area contributed by atoms with E-state index in [9.17, 15) is 10.1 Å². The van der Waals surface area contributed by atoms with Crippen molar-refractivity contribution in [3.63, 3.8) is 0 Å². The molecule has 0 saturated heterocycles. The zero-order chi connectivity index (χ0) is 10.1. The van der Waals surface area contributed by atoms with Gasteiger partial charge in [0, 0.05) is 34.6 Å². The molecule has 4 heteroatoms. The fraction of sp³-hybridized carbons (Fsp3) is 0.200. The molecular formula is C10H10N2O2. The van der Waals surface area contributed by atoms with Crippen LogP contribution in [0.2, 0.25) is 0 Å². The highest BCUT2D eigenvalue weighted by molar-refractivity contribution is 5.80. The van der Waals surface area contributed by atoms with Crippen molar-refractivity contribution in [2.24, 2.45) is 7.05 Å². The second-order valence-electron chi connectivity index (χ2n) is 3.31. The van der Waals surface area contributed by atoms with Gasteiger partial charge in [-0.15, -0.1) is 0 Å². The van der Waals surface area contributed by atoms with Crippen LogP contribution >= 0.6 is 0 Å². The number of rotatable bonds is 2. The Labute approximate surface area is 80.9 Å². The summed E-state index contributed by atoms with van der Waals surface area (Å²) in [6, 6.07) is 7.52. The normalized spacial score (nSPS) is 10.6. The number of hydrogen-bond donors (Lipinski definition) is 0. The van der Waals surface area contributed by atoms with E-state index in [4.69, 9.17) is 0 Å². The molecule has 0 aliphatic carbocycles. The Hall–Kier alpha value is -1.84. The van der Waals surface area contributed by atoms with Crippen molar-refractivity contribution in [2.75, 3.05) is 0 Å². The Morgan fingerprint density at radius 3 is 2.93 bits per heavy atom. The van der Waals surface area contributed by atoms with Crippen LogP contribution in [0, 0.1) is 10.1 Å². The smallest absolute Gasteiger partial charge is 0.228 e. The maximum atomic E-state index is 10.3. The lowest BCUT2D eigenvalue weighted by Gasteiger charge is -1.98. The van der Waals surface area contributed by atoms with Gasteiger partial charge in [0.2, 0.25) is 6.54 Å². The van der Waals surface area contributed by atoms with Crippen molar-refractivity contribution < 1.29 is 4.92 Å². The molecule has 0 bridgehead atoms. The van der Waals surface area contributed by atoms with Crippen LogP contribution in [0.1, 0.15) is 5.56 Å². The van der Waals surface area contributed by atoms with E-state index in [1.807, 2.05) is 36.0 Å². The number of aryl methyl sites for hydroxylation is 1. The Bertz CT molecular complexity index is 488. The number of hydrogen-bond acceptors (Lipinski definition) is 2. The van der Waals surface area contributed by atoms with Gasteiger partial charge in [-0.05, 0) is 18.2 Å². The highest BCUT2D eigenvalue weighted by atomic mass is 16.6. The average Bonchev–Trinajstić information content (AvgIpc) is 2.46. The summed E-state index contributed by atoms with van der Waals surface area (Å²) in [5.41, 5.74) is 1.84. The minimum atomic E-state index is -0.315. The molecule has 0 N–H and O–H groups in total. The molecular weight excluding hydrogens is 180 g/mol. The minimum absolute atomic E-state index is 0.106. The molecule has 2 rings (SSSR count). The Morgan fingerprint density at radius 1 is 1.43 bits per heavy atom. The fourth-order valence-corrected chi connectivity index (χ4v) is 1.58. The molecule has 0 aliphatic rings. The SMILES string of the molecule is Cn1ccc2cc(C[N+](=O)[O-])ccc21. The largest absolute Gasteiger partial charge is 0.351 e. The zero-order valence-corrected chi connectivity index (χ0v) is 7.80. The van der Waals surface area contributed by atoms with Crippen molar-refractivity contribution in [3.05, 3.63) is 46.1 Å². The van der Waals surface area contributed by atoms with Crippen LogP contribution in [0.4, 0.5) is 0 Å². The molecule has 0 spiro atoms. The van der Waals surface area contributed by atoms with Crippen molar-refractivity contribution in [1.29, 1.82) is 0 Å². The summed E-state index contributed by atoms with van der Waals surface area (Å²) in [5.74, 6) is 0. The van der Waals surface area contributed by atoms with Crippen LogP contribution in [0.15, 0.2) is 30.5 Å². The topological polar surface area (TPSA) is 48.1 Å². The number of fused-ring (bicyclic) bond motifs is 1. The van der Waals surface area contributed by atoms with E-state index in [0.29, 0.717) is 0 Å². The molecule has 0 aliphatic heterocycles. The Morgan fingerprint density at radius 2 is 2.21 bits per heavy atom. The third-order valence-corrected chi connectivity index (χ3v) is 2.26. The van der Waals surface area contributed by atoms with Gasteiger partial charge in [-0.1, -0.05) is 6.07 Å². The zero-order valence-electron chi connectivity index (χ0n) is 7.80. The van der Waals surface area contributed by atoms with Crippen LogP contribution < -0.4 is 0 Å². The molecule has 14 heavy (non-hydrogen) atoms. The number of nitro groups is 1. The van der Waals surface area contributed by atoms with Gasteiger partial charge in [-0.25, -0.2) is 0 Å². The highest BCUT2D eigenvalue weighted by Gasteiger charge is 2.03. The van der Waals surface area contributed by atoms with Gasteiger partial charge in [0.1, 0.15) is 0 Å². The molecule has 0 fully saturated rings. The first kappa shape index (κ1) is 8.74. The third-order valence-electron chi connectivity index (χ3n) is 2.26. The van der Waals surface area contributed by atoms with E-state index in [2.05, 4.69) is 0 Å². The second-order valence-corrected chi connectivity index (χ2v) is 3.31. The van der Waals surface area contributed by atoms with E-state index in [-0.39, 0.29) is 11.5 Å². The lowest BCUT2D eigenvalue weighted by molar-refractivity contribution is -0.496. The van der Waals surface area contributed by atoms with Crippen molar-refractivity contribution in [1.82, 2.24) is 4.57 Å². The molecule has 0 radical (unpaired) electrons. The molecule has 72 valence electrons. The maximum Gasteiger partial charge on any atom is 0.228 e. The third kappa shape index (κ3) is 1.46. The number of nitrogens with zero attached hydrogens (tertiary/aromatic N) is 2. The standard InChI is InChI=1S/C10H10N2O2/c1-11-5-4-9-6-8(7-12(13)14)2-3-10(9)11/h2-6H,7H2,1H3. The molecule has 1 aromatic heterocycles. The molecule has 2 aromatic rings. The number of benzene rings is 1. The molecule has 1 aromatic carbocycles. The predicted molar refractivity (Wildman–Crippen MR) is 53.6 cm³/mol. The first-order valence-corrected chi connectivity index (χ1v) is 4.32. The van der Waals surface area contributed by atoms with E-state index in [1.165, 1.54) is 0 Å². The quantitative estimate of drug-likeness (QED) is 0.536. The summed E-state index contributed by atoms with van der Waals surface area (Å²) in [6.07, 6.45) is 1.95. The number of aromatic nitrogens is 1. The molecule has 1 heterocycles. The van der Waals surface area contributed by atoms with Gasteiger partial charge in [0.15, 0.2) is 0 Å². The van der Waals surface area contributed by atoms with Gasteiger partial charge in [-0.3, -0.25) is 10.1 Å². The van der Waals surface area contributed by atoms with E-state index in [0.717, 1.165) is 16.5 Å². The molecule has 0 unspecified atom stereocenters. The molecule has 0 atom stereocenters. The van der Waals surface area contributed by atoms with Gasteiger partial charge >= 0.3 is 0 Å². The Kier molecular flexibility index (Phi) is 1.96. The van der Waals surface area contributed by atoms with Crippen LogP contribution in [0.5, 0.6) is 0 Å². The second kappa shape index (κ2) is 3.14. The van der Waals surface area contributed by atoms with E-state index >= 15 is 0 Å². The van der Waals surface area contributed by atoms with Crippen LogP contribution in [0.3, 0.4) is 0 Å². The van der Waals surface area contributed by atoms with Crippen molar-refractivity contribution >= 4 is 10.9 Å². The maximum absolute atomic E-state index is 10.3. The summed E-state index contributed by atoms with van der Waals surface area (Å²) < 4.78 is 1.99. The summed E-state index contributed by atoms with van der Waals surface area (Å²) in [7, 11) is 1.95. The van der Waals surface area contributed by atoms with Gasteiger partial charge in [0.25, 0.3) is 0 Å². The summed E-state index contributed by atoms with van der Waals surface area (Å²) in [4.78, 5) is 9.99. The van der Waals surface area contributed by atoms with E-state index < -0.39 is 0 Å². The van der Waals surface area contributed by atoms with Gasteiger partial charge in [0.05, 0.1) is 0 Å². The molecule has 4 nitrogen and oxygen atoms in total. The summed E-state index contributed by atoms with van der Waals surface area (Å²) in [6.45, 7) is -0.106. The highest BCUT2D eigenvalue weighted by Crippen LogP contribution is 2.16. The lowest BCUT2D eigenvalue weighted by Crippen LogP contribution is -1.97. The summed E-state index contributed by atoms with van der Waals surface area (Å²) in [5, 5.41) is 11.4. The van der Waals surface area contributed by atoms with E-state index in [1.54, 1.807) is 6.07 Å². The van der Waals surface area contributed by atoms with Crippen LogP contribution in [0.25, 0.3) is 10.9 Å². The lowest BCUT2D eigenvalue weighted by atomic mass is 10.1. The predicted octanol–water partition coefficient (Wildman–Crippen LogP) is 1.95. The minimum Gasteiger partial charge on any atom is -0.351 e. The fourth-order valence-electron chi connectivity index (χ4n) is 1.58. The van der Waals surface area contributed by atoms with Gasteiger partial charge in [-0.2, -0.15) is 0 Å². The molecule has 0 saturated carbocycles. The first-order valence-electron chi connectivity index (χ1n) is 4.32. The summed E-state index contributed by atoms with van der Waals surface area (Å²) >= 11 is 0. The first-order chi connectivity index (χ1) is 6.66. The Balaban J connectivity index is 2.46. The van der Waals surface area contributed by atoms with Crippen molar-refractivity contribution in [3.8, 4) is 0 Å². The molecule has 0 amide bonds. The van der Waals surface area contributed by atoms with Gasteiger partial charge < -0.3 is 4.57 Å². The average molecular weight is 190 g/mol. The van der Waals surface area contributed by atoms with Crippen molar-refractivity contribution in [2.45, 2.75) is 6.54 Å². The van der Waals surface area contributed by atoms with Crippen LogP contribution in [-0.4, -0.2) is 9.49 Å². The van der Waals surface area contributed by atoms with Crippen LogP contribution in [-0.2, 0) is 13.6 Å². The monoisotopic (exact) mass is 190 g/mol.